The summed E-state index contributed by atoms with van der Waals surface area (Å²) in [5.41, 5.74) is 0.636. The highest BCUT2D eigenvalue weighted by molar-refractivity contribution is 9.10. The van der Waals surface area contributed by atoms with Gasteiger partial charge in [-0.25, -0.2) is 13.6 Å². The van der Waals surface area contributed by atoms with Crippen LogP contribution in [0.3, 0.4) is 0 Å². The number of nitrogens with two attached hydrogens (primary N) is 1. The van der Waals surface area contributed by atoms with Crippen molar-refractivity contribution in [2.45, 2.75) is 4.90 Å². The van der Waals surface area contributed by atoms with Gasteiger partial charge in [0.25, 0.3) is 5.91 Å². The number of carbonyl (C=O) groups excluding carboxylic acids is 1. The first kappa shape index (κ1) is 16.5. The molecular formula is C14H13BrN2O4S. The van der Waals surface area contributed by atoms with E-state index in [0.717, 1.165) is 4.47 Å². The molecule has 116 valence electrons. The van der Waals surface area contributed by atoms with Crippen LogP contribution in [0.1, 0.15) is 10.4 Å². The third kappa shape index (κ3) is 3.85. The fourth-order valence-electron chi connectivity index (χ4n) is 1.81. The highest BCUT2D eigenvalue weighted by Gasteiger charge is 2.17. The van der Waals surface area contributed by atoms with Gasteiger partial charge in [0.1, 0.15) is 5.75 Å². The topological polar surface area (TPSA) is 98.5 Å². The lowest BCUT2D eigenvalue weighted by atomic mass is 10.2. The molecule has 0 radical (unpaired) electrons. The molecule has 22 heavy (non-hydrogen) atoms. The van der Waals surface area contributed by atoms with Gasteiger partial charge in [0.2, 0.25) is 10.0 Å². The molecule has 0 aromatic heterocycles. The number of carbonyl (C=O) groups is 1. The lowest BCUT2D eigenvalue weighted by Crippen LogP contribution is -2.16. The number of sulfonamides is 1. The average molecular weight is 385 g/mol. The third-order valence-electron chi connectivity index (χ3n) is 2.83. The standard InChI is InChI=1S/C14H13BrN2O4S/c1-21-13-6-5-11(22(16,19)20)8-12(13)14(18)17-10-4-2-3-9(15)7-10/h2-8H,1H3,(H,17,18)(H2,16,19,20). The van der Waals surface area contributed by atoms with Gasteiger partial charge in [-0.15, -0.1) is 0 Å². The number of methoxy groups -OCH3 is 1. The number of hydrogen-bond acceptors (Lipinski definition) is 4. The Balaban J connectivity index is 2.39. The first-order valence-electron chi connectivity index (χ1n) is 6.09. The van der Waals surface area contributed by atoms with Gasteiger partial charge < -0.3 is 10.1 Å². The van der Waals surface area contributed by atoms with E-state index in [1.54, 1.807) is 18.2 Å². The van der Waals surface area contributed by atoms with Crippen molar-refractivity contribution in [3.8, 4) is 5.75 Å². The van der Waals surface area contributed by atoms with Crippen LogP contribution >= 0.6 is 15.9 Å². The second-order valence-electron chi connectivity index (χ2n) is 4.37. The number of anilines is 1. The number of amides is 1. The summed E-state index contributed by atoms with van der Waals surface area (Å²) in [6.07, 6.45) is 0. The van der Waals surface area contributed by atoms with Crippen molar-refractivity contribution >= 4 is 37.5 Å². The highest BCUT2D eigenvalue weighted by atomic mass is 79.9. The molecule has 8 heteroatoms. The zero-order chi connectivity index (χ0) is 16.3. The van der Waals surface area contributed by atoms with E-state index < -0.39 is 15.9 Å². The molecule has 2 rings (SSSR count). The van der Waals surface area contributed by atoms with Gasteiger partial charge in [0.05, 0.1) is 17.6 Å². The largest absolute Gasteiger partial charge is 0.496 e. The van der Waals surface area contributed by atoms with Gasteiger partial charge in [-0.2, -0.15) is 0 Å². The van der Waals surface area contributed by atoms with Gasteiger partial charge in [-0.05, 0) is 36.4 Å². The predicted octanol–water partition coefficient (Wildman–Crippen LogP) is 2.36. The maximum Gasteiger partial charge on any atom is 0.259 e. The van der Waals surface area contributed by atoms with Crippen molar-refractivity contribution in [3.05, 3.63) is 52.5 Å². The summed E-state index contributed by atoms with van der Waals surface area (Å²) >= 11 is 3.30. The molecule has 0 aliphatic heterocycles. The minimum Gasteiger partial charge on any atom is -0.496 e. The molecule has 0 unspecified atom stereocenters. The van der Waals surface area contributed by atoms with E-state index in [-0.39, 0.29) is 16.2 Å². The van der Waals surface area contributed by atoms with Crippen LogP contribution in [0.4, 0.5) is 5.69 Å². The van der Waals surface area contributed by atoms with Crippen molar-refractivity contribution in [2.75, 3.05) is 12.4 Å². The summed E-state index contributed by atoms with van der Waals surface area (Å²) in [6.45, 7) is 0. The number of halogens is 1. The van der Waals surface area contributed by atoms with Crippen LogP contribution in [-0.2, 0) is 10.0 Å². The molecule has 0 saturated carbocycles. The Morgan fingerprint density at radius 2 is 1.95 bits per heavy atom. The molecule has 1 amide bonds. The molecule has 0 aliphatic rings. The lowest BCUT2D eigenvalue weighted by Gasteiger charge is -2.11. The second kappa shape index (κ2) is 6.47. The first-order chi connectivity index (χ1) is 10.3. The maximum atomic E-state index is 12.3. The first-order valence-corrected chi connectivity index (χ1v) is 8.43. The van der Waals surface area contributed by atoms with E-state index in [0.29, 0.717) is 5.69 Å². The number of primary sulfonamides is 1. The zero-order valence-electron chi connectivity index (χ0n) is 11.5. The van der Waals surface area contributed by atoms with E-state index in [4.69, 9.17) is 9.88 Å². The van der Waals surface area contributed by atoms with Crippen LogP contribution in [0.2, 0.25) is 0 Å². The van der Waals surface area contributed by atoms with E-state index >= 15 is 0 Å². The summed E-state index contributed by atoms with van der Waals surface area (Å²) in [5.74, 6) is -0.250. The molecule has 3 N–H and O–H groups in total. The lowest BCUT2D eigenvalue weighted by molar-refractivity contribution is 0.102. The van der Waals surface area contributed by atoms with Gasteiger partial charge in [-0.3, -0.25) is 4.79 Å². The Kier molecular flexibility index (Phi) is 4.84. The van der Waals surface area contributed by atoms with Gasteiger partial charge in [0, 0.05) is 10.2 Å². The van der Waals surface area contributed by atoms with Crippen molar-refractivity contribution in [1.82, 2.24) is 0 Å². The molecule has 0 spiro atoms. The molecule has 2 aromatic rings. The zero-order valence-corrected chi connectivity index (χ0v) is 13.9. The Hall–Kier alpha value is -1.90. The molecular weight excluding hydrogens is 372 g/mol. The molecule has 0 heterocycles. The summed E-state index contributed by atoms with van der Waals surface area (Å²) in [5, 5.41) is 7.75. The van der Waals surface area contributed by atoms with Crippen molar-refractivity contribution in [3.63, 3.8) is 0 Å². The van der Waals surface area contributed by atoms with E-state index in [1.807, 2.05) is 6.07 Å². The Bertz CT molecular complexity index is 821. The van der Waals surface area contributed by atoms with Crippen LogP contribution < -0.4 is 15.2 Å². The third-order valence-corrected chi connectivity index (χ3v) is 4.23. The smallest absolute Gasteiger partial charge is 0.259 e. The fourth-order valence-corrected chi connectivity index (χ4v) is 2.75. The van der Waals surface area contributed by atoms with Crippen LogP contribution in [0.25, 0.3) is 0 Å². The fraction of sp³-hybridized carbons (Fsp3) is 0.0714. The van der Waals surface area contributed by atoms with Gasteiger partial charge >= 0.3 is 0 Å². The molecule has 0 atom stereocenters. The molecule has 0 saturated heterocycles. The Morgan fingerprint density at radius 1 is 1.23 bits per heavy atom. The molecule has 0 fully saturated rings. The predicted molar refractivity (Wildman–Crippen MR) is 86.5 cm³/mol. The minimum absolute atomic E-state index is 0.0778. The maximum absolute atomic E-state index is 12.3. The Morgan fingerprint density at radius 3 is 2.55 bits per heavy atom. The quantitative estimate of drug-likeness (QED) is 0.844. The second-order valence-corrected chi connectivity index (χ2v) is 6.85. The number of hydrogen-bond donors (Lipinski definition) is 2. The average Bonchev–Trinajstić information content (AvgIpc) is 2.45. The highest BCUT2D eigenvalue weighted by Crippen LogP contribution is 2.24. The van der Waals surface area contributed by atoms with E-state index in [9.17, 15) is 13.2 Å². The summed E-state index contributed by atoms with van der Waals surface area (Å²) < 4.78 is 28.7. The van der Waals surface area contributed by atoms with E-state index in [2.05, 4.69) is 21.2 Å². The molecule has 2 aromatic carbocycles. The number of nitrogens with one attached hydrogen (secondary N) is 1. The monoisotopic (exact) mass is 384 g/mol. The van der Waals surface area contributed by atoms with Crippen LogP contribution in [0.5, 0.6) is 5.75 Å². The van der Waals surface area contributed by atoms with Crippen LogP contribution in [0.15, 0.2) is 51.8 Å². The number of ether oxygens (including phenoxy) is 1. The van der Waals surface area contributed by atoms with Crippen molar-refractivity contribution < 1.29 is 17.9 Å². The Labute approximate surface area is 136 Å². The molecule has 6 nitrogen and oxygen atoms in total. The summed E-state index contributed by atoms with van der Waals surface area (Å²) in [4.78, 5) is 12.2. The van der Waals surface area contributed by atoms with Gasteiger partial charge in [0.15, 0.2) is 0 Å². The number of rotatable bonds is 4. The molecule has 0 bridgehead atoms. The van der Waals surface area contributed by atoms with Crippen molar-refractivity contribution in [2.24, 2.45) is 5.14 Å². The van der Waals surface area contributed by atoms with Crippen LogP contribution in [0, 0.1) is 0 Å². The summed E-state index contributed by atoms with van der Waals surface area (Å²) in [7, 11) is -2.52. The normalized spacial score (nSPS) is 11.0. The van der Waals surface area contributed by atoms with Crippen LogP contribution in [-0.4, -0.2) is 21.4 Å². The van der Waals surface area contributed by atoms with Gasteiger partial charge in [-0.1, -0.05) is 22.0 Å². The van der Waals surface area contributed by atoms with Crippen molar-refractivity contribution in [1.29, 1.82) is 0 Å². The minimum atomic E-state index is -3.91. The molecule has 0 aliphatic carbocycles. The summed E-state index contributed by atoms with van der Waals surface area (Å²) in [6, 6.07) is 10.9. The number of benzene rings is 2. The SMILES string of the molecule is COc1ccc(S(N)(=O)=O)cc1C(=O)Nc1cccc(Br)c1. The van der Waals surface area contributed by atoms with E-state index in [1.165, 1.54) is 25.3 Å².